The summed E-state index contributed by atoms with van der Waals surface area (Å²) in [5.41, 5.74) is 2.39. The van der Waals surface area contributed by atoms with Gasteiger partial charge >= 0.3 is 0 Å². The zero-order chi connectivity index (χ0) is 22.8. The Hall–Kier alpha value is -2.93. The average molecular weight is 440 g/mol. The summed E-state index contributed by atoms with van der Waals surface area (Å²) in [6.07, 6.45) is 2.79. The van der Waals surface area contributed by atoms with Gasteiger partial charge in [-0.3, -0.25) is 9.69 Å². The summed E-state index contributed by atoms with van der Waals surface area (Å²) in [5.74, 6) is 0.387. The molecule has 0 radical (unpaired) electrons. The van der Waals surface area contributed by atoms with Crippen LogP contribution in [0.3, 0.4) is 0 Å². The van der Waals surface area contributed by atoms with Gasteiger partial charge in [-0.15, -0.1) is 0 Å². The first kappa shape index (κ1) is 23.7. The third-order valence-corrected chi connectivity index (χ3v) is 5.67. The van der Waals surface area contributed by atoms with Crippen LogP contribution in [0.2, 0.25) is 0 Å². The second-order valence-electron chi connectivity index (χ2n) is 8.44. The van der Waals surface area contributed by atoms with Gasteiger partial charge in [0.25, 0.3) is 0 Å². The molecule has 2 aromatic rings. The van der Waals surface area contributed by atoms with Gasteiger partial charge in [0.1, 0.15) is 12.4 Å². The van der Waals surface area contributed by atoms with Crippen LogP contribution in [0.25, 0.3) is 0 Å². The fourth-order valence-corrected chi connectivity index (χ4v) is 3.69. The molecule has 3 rings (SSSR count). The Morgan fingerprint density at radius 2 is 1.75 bits per heavy atom. The van der Waals surface area contributed by atoms with Gasteiger partial charge in [-0.1, -0.05) is 42.5 Å². The van der Waals surface area contributed by atoms with Gasteiger partial charge in [-0.05, 0) is 42.5 Å². The van der Waals surface area contributed by atoms with Crippen LogP contribution in [0, 0.1) is 5.82 Å². The van der Waals surface area contributed by atoms with Crippen LogP contribution in [0.5, 0.6) is 0 Å². The SMILES string of the molecule is CN(C)C(=O)CN=C(NCCc1ccc(F)cc1)NC1CCN(Cc2ccccc2)CC1. The number of piperidine rings is 1. The molecule has 1 aliphatic heterocycles. The van der Waals surface area contributed by atoms with Crippen molar-refractivity contribution in [2.75, 3.05) is 40.3 Å². The molecular formula is C25H34FN5O. The van der Waals surface area contributed by atoms with Crippen LogP contribution >= 0.6 is 0 Å². The smallest absolute Gasteiger partial charge is 0.243 e. The fourth-order valence-electron chi connectivity index (χ4n) is 3.69. The Morgan fingerprint density at radius 1 is 1.06 bits per heavy atom. The number of carbonyl (C=O) groups excluding carboxylic acids is 1. The summed E-state index contributed by atoms with van der Waals surface area (Å²) in [7, 11) is 3.46. The minimum absolute atomic E-state index is 0.0395. The third kappa shape index (κ3) is 7.96. The van der Waals surface area contributed by atoms with Crippen molar-refractivity contribution < 1.29 is 9.18 Å². The van der Waals surface area contributed by atoms with Crippen molar-refractivity contribution in [3.8, 4) is 0 Å². The second-order valence-corrected chi connectivity index (χ2v) is 8.44. The van der Waals surface area contributed by atoms with Gasteiger partial charge in [0, 0.05) is 46.3 Å². The standard InChI is InChI=1S/C25H34FN5O/c1-30(2)24(32)18-28-25(27-15-12-20-8-10-22(26)11-9-20)29-23-13-16-31(17-14-23)19-21-6-4-3-5-7-21/h3-11,23H,12-19H2,1-2H3,(H2,27,28,29). The number of nitrogens with zero attached hydrogens (tertiary/aromatic N) is 3. The molecule has 0 spiro atoms. The van der Waals surface area contributed by atoms with Gasteiger partial charge in [0.05, 0.1) is 0 Å². The van der Waals surface area contributed by atoms with Gasteiger partial charge < -0.3 is 15.5 Å². The predicted molar refractivity (Wildman–Crippen MR) is 127 cm³/mol. The average Bonchev–Trinajstić information content (AvgIpc) is 2.80. The van der Waals surface area contributed by atoms with Crippen molar-refractivity contribution in [2.24, 2.45) is 4.99 Å². The topological polar surface area (TPSA) is 60.0 Å². The molecule has 0 bridgehead atoms. The quantitative estimate of drug-likeness (QED) is 0.491. The van der Waals surface area contributed by atoms with Crippen LogP contribution in [0.4, 0.5) is 4.39 Å². The Bertz CT molecular complexity index is 862. The first-order valence-electron chi connectivity index (χ1n) is 11.3. The van der Waals surface area contributed by atoms with Crippen molar-refractivity contribution in [1.82, 2.24) is 20.4 Å². The van der Waals surface area contributed by atoms with Gasteiger partial charge in [-0.2, -0.15) is 0 Å². The summed E-state index contributed by atoms with van der Waals surface area (Å²) in [5, 5.41) is 6.85. The molecule has 0 aliphatic carbocycles. The van der Waals surface area contributed by atoms with Gasteiger partial charge in [0.2, 0.25) is 5.91 Å². The van der Waals surface area contributed by atoms with Crippen molar-refractivity contribution in [1.29, 1.82) is 0 Å². The minimum atomic E-state index is -0.230. The molecule has 0 atom stereocenters. The second kappa shape index (κ2) is 12.2. The number of benzene rings is 2. The van der Waals surface area contributed by atoms with Crippen LogP contribution in [-0.4, -0.2) is 68.0 Å². The number of aliphatic imine (C=N–C) groups is 1. The zero-order valence-electron chi connectivity index (χ0n) is 19.1. The first-order chi connectivity index (χ1) is 15.5. The van der Waals surface area contributed by atoms with E-state index in [1.165, 1.54) is 17.7 Å². The molecule has 1 saturated heterocycles. The summed E-state index contributed by atoms with van der Waals surface area (Å²) < 4.78 is 13.1. The lowest BCUT2D eigenvalue weighted by Crippen LogP contribution is -2.49. The first-order valence-corrected chi connectivity index (χ1v) is 11.3. The molecule has 1 aliphatic rings. The molecule has 1 amide bonds. The number of halogens is 1. The Labute approximate surface area is 190 Å². The summed E-state index contributed by atoms with van der Waals surface area (Å²) >= 11 is 0. The Balaban J connectivity index is 1.50. The van der Waals surface area contributed by atoms with Crippen LogP contribution < -0.4 is 10.6 Å². The van der Waals surface area contributed by atoms with Crippen molar-refractivity contribution >= 4 is 11.9 Å². The highest BCUT2D eigenvalue weighted by Gasteiger charge is 2.20. The van der Waals surface area contributed by atoms with Crippen molar-refractivity contribution in [3.05, 3.63) is 71.5 Å². The number of rotatable bonds is 8. The molecule has 0 aromatic heterocycles. The fraction of sp³-hybridized carbons (Fsp3) is 0.440. The predicted octanol–water partition coefficient (Wildman–Crippen LogP) is 2.66. The molecule has 1 heterocycles. The highest BCUT2D eigenvalue weighted by atomic mass is 19.1. The molecule has 172 valence electrons. The van der Waals surface area contributed by atoms with Crippen LogP contribution in [0.1, 0.15) is 24.0 Å². The van der Waals surface area contributed by atoms with E-state index in [2.05, 4.69) is 44.8 Å². The number of carbonyl (C=O) groups is 1. The van der Waals surface area contributed by atoms with E-state index < -0.39 is 0 Å². The Kier molecular flexibility index (Phi) is 9.04. The van der Waals surface area contributed by atoms with E-state index in [-0.39, 0.29) is 18.3 Å². The highest BCUT2D eigenvalue weighted by molar-refractivity contribution is 5.84. The van der Waals surface area contributed by atoms with E-state index >= 15 is 0 Å². The van der Waals surface area contributed by atoms with E-state index in [1.54, 1.807) is 31.1 Å². The largest absolute Gasteiger partial charge is 0.356 e. The normalized spacial score (nSPS) is 15.4. The Morgan fingerprint density at radius 3 is 2.41 bits per heavy atom. The number of amides is 1. The number of hydrogen-bond acceptors (Lipinski definition) is 3. The highest BCUT2D eigenvalue weighted by Crippen LogP contribution is 2.14. The molecule has 6 nitrogen and oxygen atoms in total. The number of nitrogens with one attached hydrogen (secondary N) is 2. The molecule has 0 saturated carbocycles. The lowest BCUT2D eigenvalue weighted by atomic mass is 10.0. The number of guanidine groups is 1. The number of hydrogen-bond donors (Lipinski definition) is 2. The van der Waals surface area contributed by atoms with Gasteiger partial charge in [0.15, 0.2) is 5.96 Å². The lowest BCUT2D eigenvalue weighted by molar-refractivity contribution is -0.127. The molecule has 7 heteroatoms. The van der Waals surface area contributed by atoms with Crippen molar-refractivity contribution in [3.63, 3.8) is 0 Å². The summed E-state index contributed by atoms with van der Waals surface area (Å²) in [6.45, 7) is 3.77. The molecular weight excluding hydrogens is 405 g/mol. The minimum Gasteiger partial charge on any atom is -0.356 e. The maximum absolute atomic E-state index is 13.1. The zero-order valence-corrected chi connectivity index (χ0v) is 19.1. The van der Waals surface area contributed by atoms with E-state index in [1.807, 2.05) is 6.07 Å². The number of likely N-dealkylation sites (tertiary alicyclic amines) is 1. The third-order valence-electron chi connectivity index (χ3n) is 5.67. The molecule has 2 aromatic carbocycles. The lowest BCUT2D eigenvalue weighted by Gasteiger charge is -2.33. The van der Waals surface area contributed by atoms with Gasteiger partial charge in [-0.25, -0.2) is 9.38 Å². The molecule has 2 N–H and O–H groups in total. The van der Waals surface area contributed by atoms with E-state index in [0.717, 1.165) is 44.5 Å². The van der Waals surface area contributed by atoms with E-state index in [4.69, 9.17) is 0 Å². The maximum atomic E-state index is 13.1. The summed E-state index contributed by atoms with van der Waals surface area (Å²) in [6, 6.07) is 17.4. The number of likely N-dealkylation sites (N-methyl/N-ethyl adjacent to an activating group) is 1. The van der Waals surface area contributed by atoms with Crippen LogP contribution in [0.15, 0.2) is 59.6 Å². The van der Waals surface area contributed by atoms with Crippen molar-refractivity contribution in [2.45, 2.75) is 31.8 Å². The van der Waals surface area contributed by atoms with E-state index in [9.17, 15) is 9.18 Å². The summed E-state index contributed by atoms with van der Waals surface area (Å²) in [4.78, 5) is 20.5. The van der Waals surface area contributed by atoms with E-state index in [0.29, 0.717) is 18.5 Å². The van der Waals surface area contributed by atoms with Crippen LogP contribution in [-0.2, 0) is 17.8 Å². The molecule has 1 fully saturated rings. The monoisotopic (exact) mass is 439 g/mol. The molecule has 32 heavy (non-hydrogen) atoms. The molecule has 0 unspecified atom stereocenters. The maximum Gasteiger partial charge on any atom is 0.243 e.